The standard InChI is InChI=1S/C15H17NOS/c1-10-7-11(2)15(12(3)8-10)16-14(17)9-13-5-4-6-18-13/h4-8H,9H2,1-3H3,(H,16,17). The molecule has 1 amide bonds. The first-order chi connectivity index (χ1) is 8.56. The number of carbonyl (C=O) groups is 1. The number of rotatable bonds is 3. The number of thiophene rings is 1. The molecule has 0 aliphatic heterocycles. The van der Waals surface area contributed by atoms with E-state index in [9.17, 15) is 4.79 Å². The topological polar surface area (TPSA) is 29.1 Å². The molecule has 0 saturated heterocycles. The molecule has 2 rings (SSSR count). The average Bonchev–Trinajstić information content (AvgIpc) is 2.76. The maximum atomic E-state index is 12.0. The lowest BCUT2D eigenvalue weighted by Crippen LogP contribution is -2.15. The molecular formula is C15H17NOS. The molecular weight excluding hydrogens is 242 g/mol. The van der Waals surface area contributed by atoms with Crippen LogP contribution in [0.15, 0.2) is 29.6 Å². The Morgan fingerprint density at radius 3 is 2.44 bits per heavy atom. The van der Waals surface area contributed by atoms with E-state index in [1.165, 1.54) is 5.56 Å². The van der Waals surface area contributed by atoms with Gasteiger partial charge in [0, 0.05) is 10.6 Å². The minimum absolute atomic E-state index is 0.0486. The predicted molar refractivity (Wildman–Crippen MR) is 77.3 cm³/mol. The van der Waals surface area contributed by atoms with Gasteiger partial charge in [-0.05, 0) is 43.3 Å². The van der Waals surface area contributed by atoms with Gasteiger partial charge in [0.15, 0.2) is 0 Å². The quantitative estimate of drug-likeness (QED) is 0.891. The van der Waals surface area contributed by atoms with Gasteiger partial charge < -0.3 is 5.32 Å². The number of hydrogen-bond acceptors (Lipinski definition) is 2. The van der Waals surface area contributed by atoms with Crippen molar-refractivity contribution >= 4 is 22.9 Å². The van der Waals surface area contributed by atoms with Crippen molar-refractivity contribution < 1.29 is 4.79 Å². The van der Waals surface area contributed by atoms with E-state index in [0.717, 1.165) is 21.7 Å². The Hall–Kier alpha value is -1.61. The molecule has 0 fully saturated rings. The van der Waals surface area contributed by atoms with Crippen LogP contribution >= 0.6 is 11.3 Å². The van der Waals surface area contributed by atoms with Crippen LogP contribution in [0, 0.1) is 20.8 Å². The van der Waals surface area contributed by atoms with Crippen LogP contribution in [0.5, 0.6) is 0 Å². The summed E-state index contributed by atoms with van der Waals surface area (Å²) in [6, 6.07) is 8.14. The third-order valence-corrected chi connectivity index (χ3v) is 3.73. The second-order valence-electron chi connectivity index (χ2n) is 4.58. The zero-order valence-corrected chi connectivity index (χ0v) is 11.7. The molecule has 0 saturated carbocycles. The van der Waals surface area contributed by atoms with Crippen molar-refractivity contribution in [1.82, 2.24) is 0 Å². The van der Waals surface area contributed by atoms with Crippen LogP contribution in [0.1, 0.15) is 21.6 Å². The molecule has 0 aliphatic rings. The van der Waals surface area contributed by atoms with Crippen LogP contribution in [0.25, 0.3) is 0 Å². The highest BCUT2D eigenvalue weighted by Crippen LogP contribution is 2.22. The normalized spacial score (nSPS) is 10.4. The third-order valence-electron chi connectivity index (χ3n) is 2.86. The summed E-state index contributed by atoms with van der Waals surface area (Å²) in [6.07, 6.45) is 0.449. The van der Waals surface area contributed by atoms with Crippen molar-refractivity contribution in [2.24, 2.45) is 0 Å². The van der Waals surface area contributed by atoms with E-state index in [4.69, 9.17) is 0 Å². The zero-order valence-electron chi connectivity index (χ0n) is 10.9. The van der Waals surface area contributed by atoms with Gasteiger partial charge in [-0.3, -0.25) is 4.79 Å². The van der Waals surface area contributed by atoms with Gasteiger partial charge >= 0.3 is 0 Å². The van der Waals surface area contributed by atoms with Gasteiger partial charge in [0.2, 0.25) is 5.91 Å². The zero-order chi connectivity index (χ0) is 13.1. The summed E-state index contributed by atoms with van der Waals surface area (Å²) in [7, 11) is 0. The number of hydrogen-bond donors (Lipinski definition) is 1. The highest BCUT2D eigenvalue weighted by atomic mass is 32.1. The summed E-state index contributed by atoms with van der Waals surface area (Å²) >= 11 is 1.61. The second-order valence-corrected chi connectivity index (χ2v) is 5.61. The monoisotopic (exact) mass is 259 g/mol. The molecule has 0 spiro atoms. The fraction of sp³-hybridized carbons (Fsp3) is 0.267. The van der Waals surface area contributed by atoms with Gasteiger partial charge in [-0.1, -0.05) is 23.8 Å². The van der Waals surface area contributed by atoms with E-state index in [-0.39, 0.29) is 5.91 Å². The molecule has 0 unspecified atom stereocenters. The second kappa shape index (κ2) is 5.36. The summed E-state index contributed by atoms with van der Waals surface area (Å²) in [5, 5.41) is 5.00. The average molecular weight is 259 g/mol. The number of carbonyl (C=O) groups excluding carboxylic acids is 1. The Labute approximate surface area is 112 Å². The molecule has 1 aromatic heterocycles. The van der Waals surface area contributed by atoms with E-state index in [1.54, 1.807) is 11.3 Å². The molecule has 0 radical (unpaired) electrons. The molecule has 0 aliphatic carbocycles. The predicted octanol–water partition coefficient (Wildman–Crippen LogP) is 3.85. The maximum Gasteiger partial charge on any atom is 0.229 e. The Bertz CT molecular complexity index is 535. The maximum absolute atomic E-state index is 12.0. The van der Waals surface area contributed by atoms with Crippen molar-refractivity contribution in [1.29, 1.82) is 0 Å². The number of benzene rings is 1. The van der Waals surface area contributed by atoms with E-state index < -0.39 is 0 Å². The minimum atomic E-state index is 0.0486. The molecule has 94 valence electrons. The fourth-order valence-corrected chi connectivity index (χ4v) is 2.84. The van der Waals surface area contributed by atoms with Gasteiger partial charge in [-0.15, -0.1) is 11.3 Å². The lowest BCUT2D eigenvalue weighted by molar-refractivity contribution is -0.115. The van der Waals surface area contributed by atoms with Crippen molar-refractivity contribution in [3.8, 4) is 0 Å². The van der Waals surface area contributed by atoms with Crippen molar-refractivity contribution in [2.45, 2.75) is 27.2 Å². The summed E-state index contributed by atoms with van der Waals surface area (Å²) < 4.78 is 0. The highest BCUT2D eigenvalue weighted by molar-refractivity contribution is 7.10. The van der Waals surface area contributed by atoms with Crippen LogP contribution in [0.2, 0.25) is 0 Å². The van der Waals surface area contributed by atoms with Crippen molar-refractivity contribution in [2.75, 3.05) is 5.32 Å². The van der Waals surface area contributed by atoms with E-state index >= 15 is 0 Å². The summed E-state index contributed by atoms with van der Waals surface area (Å²) in [4.78, 5) is 13.1. The summed E-state index contributed by atoms with van der Waals surface area (Å²) in [5.41, 5.74) is 4.41. The van der Waals surface area contributed by atoms with E-state index in [1.807, 2.05) is 31.4 Å². The van der Waals surface area contributed by atoms with Gasteiger partial charge in [0.1, 0.15) is 0 Å². The Kier molecular flexibility index (Phi) is 3.82. The minimum Gasteiger partial charge on any atom is -0.325 e. The van der Waals surface area contributed by atoms with Gasteiger partial charge in [-0.2, -0.15) is 0 Å². The van der Waals surface area contributed by atoms with Gasteiger partial charge in [0.05, 0.1) is 6.42 Å². The Morgan fingerprint density at radius 1 is 1.22 bits per heavy atom. The van der Waals surface area contributed by atoms with Crippen LogP contribution in [-0.2, 0) is 11.2 Å². The van der Waals surface area contributed by atoms with Gasteiger partial charge in [0.25, 0.3) is 0 Å². The smallest absolute Gasteiger partial charge is 0.229 e. The fourth-order valence-electron chi connectivity index (χ4n) is 2.13. The first-order valence-electron chi connectivity index (χ1n) is 5.96. The lowest BCUT2D eigenvalue weighted by atomic mass is 10.0. The SMILES string of the molecule is Cc1cc(C)c(NC(=O)Cc2cccs2)c(C)c1. The first-order valence-corrected chi connectivity index (χ1v) is 6.84. The number of nitrogens with one attached hydrogen (secondary N) is 1. The number of aryl methyl sites for hydroxylation is 3. The van der Waals surface area contributed by atoms with Crippen LogP contribution < -0.4 is 5.32 Å². The third kappa shape index (κ3) is 2.99. The molecule has 3 heteroatoms. The largest absolute Gasteiger partial charge is 0.325 e. The Balaban J connectivity index is 2.12. The lowest BCUT2D eigenvalue weighted by Gasteiger charge is -2.12. The Morgan fingerprint density at radius 2 is 1.89 bits per heavy atom. The summed E-state index contributed by atoms with van der Waals surface area (Å²) in [5.74, 6) is 0.0486. The molecule has 1 N–H and O–H groups in total. The van der Waals surface area contributed by atoms with E-state index in [2.05, 4.69) is 24.4 Å². The molecule has 2 nitrogen and oxygen atoms in total. The molecule has 0 atom stereocenters. The molecule has 1 aromatic carbocycles. The van der Waals surface area contributed by atoms with Crippen LogP contribution in [0.4, 0.5) is 5.69 Å². The molecule has 0 bridgehead atoms. The highest BCUT2D eigenvalue weighted by Gasteiger charge is 2.09. The van der Waals surface area contributed by atoms with Gasteiger partial charge in [-0.25, -0.2) is 0 Å². The van der Waals surface area contributed by atoms with Crippen LogP contribution in [-0.4, -0.2) is 5.91 Å². The summed E-state index contributed by atoms with van der Waals surface area (Å²) in [6.45, 7) is 6.12. The molecule has 2 aromatic rings. The van der Waals surface area contributed by atoms with Crippen LogP contribution in [0.3, 0.4) is 0 Å². The number of anilines is 1. The first kappa shape index (κ1) is 12.8. The van der Waals surface area contributed by atoms with Crippen molar-refractivity contribution in [3.05, 3.63) is 51.2 Å². The molecule has 1 heterocycles. The molecule has 18 heavy (non-hydrogen) atoms. The van der Waals surface area contributed by atoms with E-state index in [0.29, 0.717) is 6.42 Å². The van der Waals surface area contributed by atoms with Crippen molar-refractivity contribution in [3.63, 3.8) is 0 Å². The number of amides is 1.